The van der Waals surface area contributed by atoms with Gasteiger partial charge in [-0.2, -0.15) is 4.98 Å². The highest BCUT2D eigenvalue weighted by molar-refractivity contribution is 5.98. The summed E-state index contributed by atoms with van der Waals surface area (Å²) in [7, 11) is 0. The molecular weight excluding hydrogens is 312 g/mol. The zero-order valence-electron chi connectivity index (χ0n) is 13.5. The van der Waals surface area contributed by atoms with E-state index >= 15 is 0 Å². The van der Waals surface area contributed by atoms with Crippen LogP contribution in [-0.4, -0.2) is 20.3 Å². The van der Waals surface area contributed by atoms with Crippen LogP contribution in [0.15, 0.2) is 73.1 Å². The van der Waals surface area contributed by atoms with Crippen molar-refractivity contribution in [2.75, 3.05) is 5.73 Å². The number of nitrogen functional groups attached to an aromatic ring is 1. The van der Waals surface area contributed by atoms with Crippen LogP contribution in [0.3, 0.4) is 0 Å². The highest BCUT2D eigenvalue weighted by atomic mass is 16.1. The van der Waals surface area contributed by atoms with Crippen molar-refractivity contribution in [3.05, 3.63) is 84.2 Å². The van der Waals surface area contributed by atoms with Gasteiger partial charge in [0.1, 0.15) is 5.82 Å². The Hall–Kier alpha value is -3.47. The number of aromatic nitrogens is 3. The smallest absolute Gasteiger partial charge is 0.221 e. The fourth-order valence-corrected chi connectivity index (χ4v) is 2.91. The molecule has 5 heteroatoms. The lowest BCUT2D eigenvalue weighted by atomic mass is 10.0. The van der Waals surface area contributed by atoms with Crippen molar-refractivity contribution in [1.29, 1.82) is 0 Å². The highest BCUT2D eigenvalue weighted by Gasteiger charge is 2.09. The van der Waals surface area contributed by atoms with Crippen molar-refractivity contribution in [3.8, 4) is 5.82 Å². The average Bonchev–Trinajstić information content (AvgIpc) is 3.05. The summed E-state index contributed by atoms with van der Waals surface area (Å²) in [5.74, 6) is 1.07. The minimum atomic E-state index is 0.114. The Bertz CT molecular complexity index is 1050. The number of anilines is 1. The zero-order valence-corrected chi connectivity index (χ0v) is 13.5. The summed E-state index contributed by atoms with van der Waals surface area (Å²) < 4.78 is 1.95. The summed E-state index contributed by atoms with van der Waals surface area (Å²) in [6.45, 7) is 0. The van der Waals surface area contributed by atoms with Crippen LogP contribution in [0.1, 0.15) is 15.9 Å². The number of fused-ring (bicyclic) bond motifs is 1. The van der Waals surface area contributed by atoms with Gasteiger partial charge in [0.25, 0.3) is 0 Å². The molecule has 4 rings (SSSR count). The van der Waals surface area contributed by atoms with Crippen LogP contribution in [0.5, 0.6) is 0 Å². The predicted molar refractivity (Wildman–Crippen MR) is 97.8 cm³/mol. The van der Waals surface area contributed by atoms with Crippen LogP contribution >= 0.6 is 0 Å². The van der Waals surface area contributed by atoms with E-state index in [0.717, 1.165) is 27.8 Å². The number of nitrogens with zero attached hydrogens (tertiary/aromatic N) is 3. The fourth-order valence-electron chi connectivity index (χ4n) is 2.91. The first-order valence-corrected chi connectivity index (χ1v) is 7.98. The molecule has 0 spiro atoms. The van der Waals surface area contributed by atoms with E-state index in [0.29, 0.717) is 6.42 Å². The molecule has 2 heterocycles. The minimum Gasteiger partial charge on any atom is -0.368 e. The van der Waals surface area contributed by atoms with Crippen LogP contribution in [-0.2, 0) is 6.42 Å². The van der Waals surface area contributed by atoms with Gasteiger partial charge in [0, 0.05) is 29.8 Å². The maximum Gasteiger partial charge on any atom is 0.221 e. The van der Waals surface area contributed by atoms with Crippen molar-refractivity contribution < 1.29 is 4.79 Å². The van der Waals surface area contributed by atoms with Crippen LogP contribution in [0.2, 0.25) is 0 Å². The number of benzene rings is 2. The number of ketones is 1. The van der Waals surface area contributed by atoms with Gasteiger partial charge in [-0.15, -0.1) is 0 Å². The molecular formula is C20H16N4O. The molecule has 0 atom stereocenters. The summed E-state index contributed by atoms with van der Waals surface area (Å²) in [5.41, 5.74) is 8.40. The number of carbonyl (C=O) groups is 1. The SMILES string of the molecule is Nc1nccc(-n2ccc3cc(CC(=O)c4ccccc4)ccc32)n1. The second kappa shape index (κ2) is 6.20. The third-order valence-corrected chi connectivity index (χ3v) is 4.12. The highest BCUT2D eigenvalue weighted by Crippen LogP contribution is 2.22. The first-order chi connectivity index (χ1) is 12.2. The Morgan fingerprint density at radius 1 is 1.04 bits per heavy atom. The molecule has 2 aromatic heterocycles. The van der Waals surface area contributed by atoms with E-state index in [1.807, 2.05) is 71.4 Å². The number of Topliss-reactive ketones (excluding diaryl/α,β-unsaturated/α-hetero) is 1. The molecule has 0 saturated heterocycles. The maximum atomic E-state index is 12.4. The lowest BCUT2D eigenvalue weighted by Crippen LogP contribution is -2.03. The van der Waals surface area contributed by atoms with Crippen molar-refractivity contribution in [2.45, 2.75) is 6.42 Å². The summed E-state index contributed by atoms with van der Waals surface area (Å²) in [5, 5.41) is 1.05. The third-order valence-electron chi connectivity index (χ3n) is 4.12. The first kappa shape index (κ1) is 15.1. The monoisotopic (exact) mass is 328 g/mol. The van der Waals surface area contributed by atoms with Gasteiger partial charge in [-0.1, -0.05) is 36.4 Å². The molecule has 25 heavy (non-hydrogen) atoms. The minimum absolute atomic E-state index is 0.114. The molecule has 0 aliphatic carbocycles. The first-order valence-electron chi connectivity index (χ1n) is 7.98. The van der Waals surface area contributed by atoms with Crippen LogP contribution < -0.4 is 5.73 Å². The van der Waals surface area contributed by atoms with Gasteiger partial charge in [-0.25, -0.2) is 4.98 Å². The van der Waals surface area contributed by atoms with E-state index < -0.39 is 0 Å². The molecule has 0 amide bonds. The van der Waals surface area contributed by atoms with E-state index in [9.17, 15) is 4.79 Å². The Kier molecular flexibility index (Phi) is 3.74. The van der Waals surface area contributed by atoms with E-state index in [1.165, 1.54) is 0 Å². The van der Waals surface area contributed by atoms with Crippen molar-refractivity contribution in [2.24, 2.45) is 0 Å². The molecule has 2 aromatic carbocycles. The predicted octanol–water partition coefficient (Wildman–Crippen LogP) is 3.43. The van der Waals surface area contributed by atoms with Crippen molar-refractivity contribution in [1.82, 2.24) is 14.5 Å². The summed E-state index contributed by atoms with van der Waals surface area (Å²) in [6, 6.07) is 19.2. The molecule has 5 nitrogen and oxygen atoms in total. The molecule has 122 valence electrons. The van der Waals surface area contributed by atoms with Crippen LogP contribution in [0.25, 0.3) is 16.7 Å². The number of rotatable bonds is 4. The Morgan fingerprint density at radius 3 is 2.68 bits per heavy atom. The van der Waals surface area contributed by atoms with Crippen molar-refractivity contribution in [3.63, 3.8) is 0 Å². The lowest BCUT2D eigenvalue weighted by molar-refractivity contribution is 0.0993. The van der Waals surface area contributed by atoms with Crippen molar-refractivity contribution >= 4 is 22.6 Å². The Balaban J connectivity index is 1.65. The zero-order chi connectivity index (χ0) is 17.2. The molecule has 0 bridgehead atoms. The number of hydrogen-bond acceptors (Lipinski definition) is 4. The maximum absolute atomic E-state index is 12.4. The van der Waals surface area contributed by atoms with Gasteiger partial charge in [0.2, 0.25) is 5.95 Å². The van der Waals surface area contributed by atoms with E-state index in [4.69, 9.17) is 5.73 Å². The molecule has 4 aromatic rings. The number of nitrogens with two attached hydrogens (primary N) is 1. The van der Waals surface area contributed by atoms with E-state index in [-0.39, 0.29) is 11.7 Å². The molecule has 0 aliphatic heterocycles. The van der Waals surface area contributed by atoms with Crippen LogP contribution in [0, 0.1) is 0 Å². The van der Waals surface area contributed by atoms with Gasteiger partial charge >= 0.3 is 0 Å². The largest absolute Gasteiger partial charge is 0.368 e. The van der Waals surface area contributed by atoms with E-state index in [1.54, 1.807) is 6.20 Å². The number of hydrogen-bond donors (Lipinski definition) is 1. The molecule has 0 saturated carbocycles. The topological polar surface area (TPSA) is 73.8 Å². The Labute approximate surface area is 144 Å². The quantitative estimate of drug-likeness (QED) is 0.583. The average molecular weight is 328 g/mol. The lowest BCUT2D eigenvalue weighted by Gasteiger charge is -2.06. The van der Waals surface area contributed by atoms with Gasteiger partial charge < -0.3 is 10.3 Å². The fraction of sp³-hybridized carbons (Fsp3) is 0.0500. The summed E-state index contributed by atoms with van der Waals surface area (Å²) >= 11 is 0. The molecule has 0 aliphatic rings. The molecule has 2 N–H and O–H groups in total. The summed E-state index contributed by atoms with van der Waals surface area (Å²) in [4.78, 5) is 20.6. The van der Waals surface area contributed by atoms with Gasteiger partial charge in [-0.05, 0) is 29.8 Å². The normalized spacial score (nSPS) is 10.9. The molecule has 0 unspecified atom stereocenters. The molecule has 0 fully saturated rings. The number of carbonyl (C=O) groups excluding carboxylic acids is 1. The standard InChI is InChI=1S/C20H16N4O/c21-20-22-10-8-19(23-20)24-11-9-16-12-14(6-7-17(16)24)13-18(25)15-4-2-1-3-5-15/h1-12H,13H2,(H2,21,22,23). The second-order valence-corrected chi connectivity index (χ2v) is 5.82. The molecule has 0 radical (unpaired) electrons. The van der Waals surface area contributed by atoms with Gasteiger partial charge in [-0.3, -0.25) is 4.79 Å². The third kappa shape index (κ3) is 2.99. The van der Waals surface area contributed by atoms with Crippen LogP contribution in [0.4, 0.5) is 5.95 Å². The van der Waals surface area contributed by atoms with E-state index in [2.05, 4.69) is 9.97 Å². The Morgan fingerprint density at radius 2 is 1.88 bits per heavy atom. The second-order valence-electron chi connectivity index (χ2n) is 5.82. The van der Waals surface area contributed by atoms with Gasteiger partial charge in [0.15, 0.2) is 5.78 Å². The summed E-state index contributed by atoms with van der Waals surface area (Å²) in [6.07, 6.45) is 3.96. The van der Waals surface area contributed by atoms with Gasteiger partial charge in [0.05, 0.1) is 5.52 Å².